The van der Waals surface area contributed by atoms with E-state index >= 15 is 0 Å². The SMILES string of the molecule is Nc1ccc(NCc2cc(O)ccc2O)cc1. The van der Waals surface area contributed by atoms with Crippen molar-refractivity contribution in [2.75, 3.05) is 11.1 Å². The van der Waals surface area contributed by atoms with E-state index in [1.165, 1.54) is 18.2 Å². The Kier molecular flexibility index (Phi) is 3.05. The van der Waals surface area contributed by atoms with Crippen LogP contribution in [0.5, 0.6) is 11.5 Å². The molecule has 0 aliphatic carbocycles. The molecule has 4 heteroatoms. The lowest BCUT2D eigenvalue weighted by atomic mass is 10.2. The summed E-state index contributed by atoms with van der Waals surface area (Å²) in [5.74, 6) is 0.294. The van der Waals surface area contributed by atoms with Crippen molar-refractivity contribution >= 4 is 11.4 Å². The summed E-state index contributed by atoms with van der Waals surface area (Å²) in [5.41, 5.74) is 7.83. The summed E-state index contributed by atoms with van der Waals surface area (Å²) < 4.78 is 0. The van der Waals surface area contributed by atoms with Crippen LogP contribution in [0.25, 0.3) is 0 Å². The van der Waals surface area contributed by atoms with E-state index in [9.17, 15) is 10.2 Å². The van der Waals surface area contributed by atoms with Gasteiger partial charge in [-0.05, 0) is 42.5 Å². The van der Waals surface area contributed by atoms with E-state index in [0.717, 1.165) is 5.69 Å². The molecule has 0 saturated heterocycles. The van der Waals surface area contributed by atoms with Crippen LogP contribution in [-0.4, -0.2) is 10.2 Å². The van der Waals surface area contributed by atoms with Crippen molar-refractivity contribution < 1.29 is 10.2 Å². The molecule has 0 aromatic heterocycles. The number of nitrogen functional groups attached to an aromatic ring is 1. The molecule has 0 saturated carbocycles. The summed E-state index contributed by atoms with van der Waals surface area (Å²) in [6.45, 7) is 0.435. The molecule has 0 atom stereocenters. The fraction of sp³-hybridized carbons (Fsp3) is 0.0769. The van der Waals surface area contributed by atoms with Gasteiger partial charge < -0.3 is 21.3 Å². The van der Waals surface area contributed by atoms with E-state index in [2.05, 4.69) is 5.32 Å². The topological polar surface area (TPSA) is 78.5 Å². The summed E-state index contributed by atoms with van der Waals surface area (Å²) >= 11 is 0. The van der Waals surface area contributed by atoms with Gasteiger partial charge in [0.15, 0.2) is 0 Å². The second-order valence-electron chi connectivity index (χ2n) is 3.79. The molecule has 0 aliphatic heterocycles. The number of hydrogen-bond acceptors (Lipinski definition) is 4. The first-order chi connectivity index (χ1) is 8.15. The van der Waals surface area contributed by atoms with Crippen LogP contribution in [-0.2, 0) is 6.54 Å². The van der Waals surface area contributed by atoms with Crippen LogP contribution in [0.15, 0.2) is 42.5 Å². The number of phenols is 2. The second kappa shape index (κ2) is 4.65. The van der Waals surface area contributed by atoms with E-state index in [-0.39, 0.29) is 11.5 Å². The summed E-state index contributed by atoms with van der Waals surface area (Å²) in [6.07, 6.45) is 0. The lowest BCUT2D eigenvalue weighted by Crippen LogP contribution is -1.99. The van der Waals surface area contributed by atoms with Gasteiger partial charge in [0.05, 0.1) is 0 Å². The average molecular weight is 230 g/mol. The van der Waals surface area contributed by atoms with E-state index in [4.69, 9.17) is 5.73 Å². The van der Waals surface area contributed by atoms with Crippen molar-refractivity contribution in [3.8, 4) is 11.5 Å². The van der Waals surface area contributed by atoms with Gasteiger partial charge >= 0.3 is 0 Å². The van der Waals surface area contributed by atoms with Crippen LogP contribution in [0.4, 0.5) is 11.4 Å². The molecule has 0 spiro atoms. The normalized spacial score (nSPS) is 10.1. The number of benzene rings is 2. The molecule has 0 amide bonds. The van der Waals surface area contributed by atoms with Crippen LogP contribution >= 0.6 is 0 Å². The van der Waals surface area contributed by atoms with E-state index < -0.39 is 0 Å². The number of nitrogens with one attached hydrogen (secondary N) is 1. The molecule has 0 fully saturated rings. The van der Waals surface area contributed by atoms with Crippen molar-refractivity contribution in [2.24, 2.45) is 0 Å². The van der Waals surface area contributed by atoms with E-state index in [1.807, 2.05) is 12.1 Å². The third-order valence-electron chi connectivity index (χ3n) is 2.46. The minimum absolute atomic E-state index is 0.136. The molecule has 0 heterocycles. The van der Waals surface area contributed by atoms with Gasteiger partial charge in [0.1, 0.15) is 11.5 Å². The fourth-order valence-corrected chi connectivity index (χ4v) is 1.51. The predicted octanol–water partition coefficient (Wildman–Crippen LogP) is 2.29. The van der Waals surface area contributed by atoms with E-state index in [0.29, 0.717) is 17.8 Å². The Labute approximate surface area is 99.3 Å². The number of hydrogen-bond donors (Lipinski definition) is 4. The minimum atomic E-state index is 0.136. The van der Waals surface area contributed by atoms with Gasteiger partial charge in [-0.15, -0.1) is 0 Å². The molecule has 4 nitrogen and oxygen atoms in total. The first kappa shape index (κ1) is 11.1. The molecule has 88 valence electrons. The Balaban J connectivity index is 2.07. The molecule has 2 aromatic carbocycles. The number of rotatable bonds is 3. The van der Waals surface area contributed by atoms with Crippen molar-refractivity contribution in [3.05, 3.63) is 48.0 Å². The monoisotopic (exact) mass is 230 g/mol. The third-order valence-corrected chi connectivity index (χ3v) is 2.46. The van der Waals surface area contributed by atoms with Gasteiger partial charge in [0, 0.05) is 23.5 Å². The largest absolute Gasteiger partial charge is 0.508 e. The zero-order valence-electron chi connectivity index (χ0n) is 9.22. The molecule has 0 unspecified atom stereocenters. The minimum Gasteiger partial charge on any atom is -0.508 e. The van der Waals surface area contributed by atoms with Crippen molar-refractivity contribution in [1.29, 1.82) is 0 Å². The zero-order valence-corrected chi connectivity index (χ0v) is 9.22. The van der Waals surface area contributed by atoms with Gasteiger partial charge in [-0.2, -0.15) is 0 Å². The standard InChI is InChI=1S/C13H14N2O2/c14-10-1-3-11(4-2-10)15-8-9-7-12(16)5-6-13(9)17/h1-7,15-17H,8,14H2. The molecule has 0 radical (unpaired) electrons. The molecule has 5 N–H and O–H groups in total. The van der Waals surface area contributed by atoms with Crippen LogP contribution < -0.4 is 11.1 Å². The van der Waals surface area contributed by atoms with Crippen LogP contribution in [0.1, 0.15) is 5.56 Å². The maximum atomic E-state index is 9.59. The molecule has 0 aliphatic rings. The quantitative estimate of drug-likeness (QED) is 0.482. The predicted molar refractivity (Wildman–Crippen MR) is 68.0 cm³/mol. The summed E-state index contributed by atoms with van der Waals surface area (Å²) in [6, 6.07) is 11.7. The summed E-state index contributed by atoms with van der Waals surface area (Å²) in [5, 5.41) is 22.0. The molecule has 0 bridgehead atoms. The fourth-order valence-electron chi connectivity index (χ4n) is 1.51. The highest BCUT2D eigenvalue weighted by molar-refractivity contribution is 5.52. The highest BCUT2D eigenvalue weighted by Gasteiger charge is 2.02. The first-order valence-corrected chi connectivity index (χ1v) is 5.25. The van der Waals surface area contributed by atoms with Crippen molar-refractivity contribution in [3.63, 3.8) is 0 Å². The van der Waals surface area contributed by atoms with Crippen LogP contribution in [0, 0.1) is 0 Å². The van der Waals surface area contributed by atoms with Crippen molar-refractivity contribution in [2.45, 2.75) is 6.54 Å². The zero-order chi connectivity index (χ0) is 12.3. The number of nitrogens with two attached hydrogens (primary N) is 1. The lowest BCUT2D eigenvalue weighted by molar-refractivity contribution is 0.455. The molecule has 2 aromatic rings. The van der Waals surface area contributed by atoms with Gasteiger partial charge in [-0.1, -0.05) is 0 Å². The average Bonchev–Trinajstić information content (AvgIpc) is 2.32. The number of phenolic OH excluding ortho intramolecular Hbond substituents is 2. The highest BCUT2D eigenvalue weighted by atomic mass is 16.3. The highest BCUT2D eigenvalue weighted by Crippen LogP contribution is 2.23. The third kappa shape index (κ3) is 2.81. The smallest absolute Gasteiger partial charge is 0.120 e. The number of anilines is 2. The van der Waals surface area contributed by atoms with Crippen LogP contribution in [0.2, 0.25) is 0 Å². The Bertz CT molecular complexity index is 509. The van der Waals surface area contributed by atoms with Crippen LogP contribution in [0.3, 0.4) is 0 Å². The Hall–Kier alpha value is -2.36. The van der Waals surface area contributed by atoms with Gasteiger partial charge in [0.2, 0.25) is 0 Å². The Morgan fingerprint density at radius 1 is 1.00 bits per heavy atom. The lowest BCUT2D eigenvalue weighted by Gasteiger charge is -2.08. The molecule has 2 rings (SSSR count). The molecule has 17 heavy (non-hydrogen) atoms. The Morgan fingerprint density at radius 2 is 1.71 bits per heavy atom. The second-order valence-corrected chi connectivity index (χ2v) is 3.79. The first-order valence-electron chi connectivity index (χ1n) is 5.25. The van der Waals surface area contributed by atoms with Gasteiger partial charge in [0.25, 0.3) is 0 Å². The summed E-state index contributed by atoms with van der Waals surface area (Å²) in [4.78, 5) is 0. The van der Waals surface area contributed by atoms with Crippen molar-refractivity contribution in [1.82, 2.24) is 0 Å². The number of aromatic hydroxyl groups is 2. The Morgan fingerprint density at radius 3 is 2.41 bits per heavy atom. The molecular weight excluding hydrogens is 216 g/mol. The van der Waals surface area contributed by atoms with Gasteiger partial charge in [-0.3, -0.25) is 0 Å². The van der Waals surface area contributed by atoms with Gasteiger partial charge in [-0.25, -0.2) is 0 Å². The summed E-state index contributed by atoms with van der Waals surface area (Å²) in [7, 11) is 0. The maximum Gasteiger partial charge on any atom is 0.120 e. The van der Waals surface area contributed by atoms with E-state index in [1.54, 1.807) is 12.1 Å². The maximum absolute atomic E-state index is 9.59. The molecular formula is C13H14N2O2.